The van der Waals surface area contributed by atoms with Crippen molar-refractivity contribution in [1.29, 1.82) is 0 Å². The van der Waals surface area contributed by atoms with E-state index in [1.54, 1.807) is 20.3 Å². The molecule has 18 heavy (non-hydrogen) atoms. The molecule has 0 atom stereocenters. The molecule has 1 aliphatic heterocycles. The van der Waals surface area contributed by atoms with Gasteiger partial charge >= 0.3 is 0 Å². The summed E-state index contributed by atoms with van der Waals surface area (Å²) in [6, 6.07) is 1.63. The molecule has 0 spiro atoms. The first kappa shape index (κ1) is 12.4. The minimum atomic E-state index is 0.471. The van der Waals surface area contributed by atoms with Crippen molar-refractivity contribution in [2.45, 2.75) is 12.8 Å². The standard InChI is InChI=1S/C11H16N4O3/c1-17-9-7-10(18-2)13-11(12-9)15-5-3-8(14-16)4-6-15/h7,16H,3-6H2,1-2H3. The van der Waals surface area contributed by atoms with Gasteiger partial charge in [-0.1, -0.05) is 5.16 Å². The predicted molar refractivity (Wildman–Crippen MR) is 65.8 cm³/mol. The predicted octanol–water partition coefficient (Wildman–Crippen LogP) is 0.924. The van der Waals surface area contributed by atoms with Crippen LogP contribution in [0.1, 0.15) is 12.8 Å². The monoisotopic (exact) mass is 252 g/mol. The minimum absolute atomic E-state index is 0.471. The third-order valence-corrected chi connectivity index (χ3v) is 2.85. The van der Waals surface area contributed by atoms with Gasteiger partial charge in [0.2, 0.25) is 17.7 Å². The number of aromatic nitrogens is 2. The zero-order chi connectivity index (χ0) is 13.0. The molecule has 0 unspecified atom stereocenters. The molecule has 1 aromatic rings. The van der Waals surface area contributed by atoms with Crippen LogP contribution in [0.15, 0.2) is 11.2 Å². The van der Waals surface area contributed by atoms with Gasteiger partial charge < -0.3 is 19.6 Å². The Morgan fingerprint density at radius 1 is 1.17 bits per heavy atom. The number of hydrogen-bond donors (Lipinski definition) is 1. The highest BCUT2D eigenvalue weighted by atomic mass is 16.5. The van der Waals surface area contributed by atoms with Crippen molar-refractivity contribution in [1.82, 2.24) is 9.97 Å². The van der Waals surface area contributed by atoms with Crippen LogP contribution in [0.2, 0.25) is 0 Å². The summed E-state index contributed by atoms with van der Waals surface area (Å²) in [6.45, 7) is 1.44. The molecule has 0 radical (unpaired) electrons. The van der Waals surface area contributed by atoms with Crippen molar-refractivity contribution in [3.63, 3.8) is 0 Å². The lowest BCUT2D eigenvalue weighted by molar-refractivity contribution is 0.315. The third kappa shape index (κ3) is 2.61. The van der Waals surface area contributed by atoms with Crippen LogP contribution in [-0.4, -0.2) is 48.2 Å². The van der Waals surface area contributed by atoms with Crippen LogP contribution >= 0.6 is 0 Å². The fourth-order valence-corrected chi connectivity index (χ4v) is 1.81. The van der Waals surface area contributed by atoms with E-state index in [1.807, 2.05) is 4.90 Å². The fraction of sp³-hybridized carbons (Fsp3) is 0.545. The van der Waals surface area contributed by atoms with Gasteiger partial charge in [0, 0.05) is 25.9 Å². The first-order chi connectivity index (χ1) is 8.76. The van der Waals surface area contributed by atoms with Gasteiger partial charge in [0.25, 0.3) is 0 Å². The van der Waals surface area contributed by atoms with E-state index in [-0.39, 0.29) is 0 Å². The molecule has 0 bridgehead atoms. The zero-order valence-corrected chi connectivity index (χ0v) is 10.5. The van der Waals surface area contributed by atoms with Crippen molar-refractivity contribution >= 4 is 11.7 Å². The highest BCUT2D eigenvalue weighted by molar-refractivity contribution is 5.85. The van der Waals surface area contributed by atoms with Gasteiger partial charge in [-0.25, -0.2) is 0 Å². The first-order valence-electron chi connectivity index (χ1n) is 5.68. The van der Waals surface area contributed by atoms with Crippen LogP contribution in [0.25, 0.3) is 0 Å². The van der Waals surface area contributed by atoms with Crippen LogP contribution in [-0.2, 0) is 0 Å². The number of methoxy groups -OCH3 is 2. The molecule has 0 aliphatic carbocycles. The van der Waals surface area contributed by atoms with Gasteiger partial charge in [-0.15, -0.1) is 0 Å². The van der Waals surface area contributed by atoms with E-state index in [0.29, 0.717) is 30.5 Å². The molecule has 7 nitrogen and oxygen atoms in total. The maximum Gasteiger partial charge on any atom is 0.231 e. The maximum absolute atomic E-state index is 8.71. The number of oxime groups is 1. The normalized spacial score (nSPS) is 15.4. The summed E-state index contributed by atoms with van der Waals surface area (Å²) >= 11 is 0. The lowest BCUT2D eigenvalue weighted by Crippen LogP contribution is -2.35. The Kier molecular flexibility index (Phi) is 3.81. The number of rotatable bonds is 3. The average molecular weight is 252 g/mol. The average Bonchev–Trinajstić information content (AvgIpc) is 2.46. The quantitative estimate of drug-likeness (QED) is 0.636. The summed E-state index contributed by atoms with van der Waals surface area (Å²) in [6.07, 6.45) is 1.42. The van der Waals surface area contributed by atoms with Gasteiger partial charge in [-0.2, -0.15) is 9.97 Å². The largest absolute Gasteiger partial charge is 0.481 e. The van der Waals surface area contributed by atoms with E-state index in [4.69, 9.17) is 14.7 Å². The first-order valence-corrected chi connectivity index (χ1v) is 5.68. The third-order valence-electron chi connectivity index (χ3n) is 2.85. The minimum Gasteiger partial charge on any atom is -0.481 e. The van der Waals surface area contributed by atoms with Crippen LogP contribution < -0.4 is 14.4 Å². The number of piperidine rings is 1. The maximum atomic E-state index is 8.71. The lowest BCUT2D eigenvalue weighted by Gasteiger charge is -2.27. The van der Waals surface area contributed by atoms with Gasteiger partial charge in [0.1, 0.15) is 0 Å². The van der Waals surface area contributed by atoms with Crippen molar-refractivity contribution in [3.8, 4) is 11.8 Å². The van der Waals surface area contributed by atoms with Gasteiger partial charge in [0.05, 0.1) is 26.0 Å². The second-order valence-corrected chi connectivity index (χ2v) is 3.91. The van der Waals surface area contributed by atoms with Crippen molar-refractivity contribution in [2.75, 3.05) is 32.2 Å². The number of hydrogen-bond acceptors (Lipinski definition) is 7. The van der Waals surface area contributed by atoms with Gasteiger partial charge in [0.15, 0.2) is 0 Å². The number of anilines is 1. The van der Waals surface area contributed by atoms with Crippen LogP contribution in [0.3, 0.4) is 0 Å². The van der Waals surface area contributed by atoms with Crippen LogP contribution in [0.4, 0.5) is 5.95 Å². The Morgan fingerprint density at radius 2 is 1.72 bits per heavy atom. The molecule has 2 heterocycles. The SMILES string of the molecule is COc1cc(OC)nc(N2CCC(=NO)CC2)n1. The summed E-state index contributed by atoms with van der Waals surface area (Å²) in [7, 11) is 3.11. The van der Waals surface area contributed by atoms with E-state index in [9.17, 15) is 0 Å². The van der Waals surface area contributed by atoms with Crippen molar-refractivity contribution in [3.05, 3.63) is 6.07 Å². The summed E-state index contributed by atoms with van der Waals surface area (Å²) in [5.41, 5.74) is 0.807. The van der Waals surface area contributed by atoms with E-state index >= 15 is 0 Å². The van der Waals surface area contributed by atoms with E-state index in [1.165, 1.54) is 0 Å². The summed E-state index contributed by atoms with van der Waals surface area (Å²) in [5, 5.41) is 12.0. The van der Waals surface area contributed by atoms with E-state index in [2.05, 4.69) is 15.1 Å². The molecule has 1 aliphatic rings. The second-order valence-electron chi connectivity index (χ2n) is 3.91. The Balaban J connectivity index is 2.18. The van der Waals surface area contributed by atoms with Gasteiger partial charge in [-0.3, -0.25) is 0 Å². The second kappa shape index (κ2) is 5.52. The van der Waals surface area contributed by atoms with Crippen molar-refractivity contribution < 1.29 is 14.7 Å². The lowest BCUT2D eigenvalue weighted by atomic mass is 10.1. The fourth-order valence-electron chi connectivity index (χ4n) is 1.81. The molecule has 1 N–H and O–H groups in total. The Labute approximate surface area is 105 Å². The van der Waals surface area contributed by atoms with E-state index in [0.717, 1.165) is 18.8 Å². The molecule has 2 rings (SSSR count). The number of ether oxygens (including phenoxy) is 2. The Hall–Kier alpha value is -2.05. The Bertz CT molecular complexity index is 418. The van der Waals surface area contributed by atoms with Gasteiger partial charge in [-0.05, 0) is 0 Å². The molecule has 0 amide bonds. The smallest absolute Gasteiger partial charge is 0.231 e. The molecule has 1 saturated heterocycles. The molecule has 0 aromatic carbocycles. The van der Waals surface area contributed by atoms with E-state index < -0.39 is 0 Å². The van der Waals surface area contributed by atoms with Crippen LogP contribution in [0.5, 0.6) is 11.8 Å². The molecule has 1 fully saturated rings. The summed E-state index contributed by atoms with van der Waals surface area (Å²) in [5.74, 6) is 1.51. The topological polar surface area (TPSA) is 80.1 Å². The molecular weight excluding hydrogens is 236 g/mol. The highest BCUT2D eigenvalue weighted by Gasteiger charge is 2.19. The molecule has 0 saturated carbocycles. The van der Waals surface area contributed by atoms with Crippen molar-refractivity contribution in [2.24, 2.45) is 5.16 Å². The summed E-state index contributed by atoms with van der Waals surface area (Å²) < 4.78 is 10.2. The zero-order valence-electron chi connectivity index (χ0n) is 10.5. The highest BCUT2D eigenvalue weighted by Crippen LogP contribution is 2.22. The molecule has 1 aromatic heterocycles. The number of nitrogens with zero attached hydrogens (tertiary/aromatic N) is 4. The molecular formula is C11H16N4O3. The molecule has 98 valence electrons. The van der Waals surface area contributed by atoms with Crippen LogP contribution in [0, 0.1) is 0 Å². The Morgan fingerprint density at radius 3 is 2.17 bits per heavy atom. The molecule has 7 heteroatoms. The summed E-state index contributed by atoms with van der Waals surface area (Å²) in [4.78, 5) is 10.6.